The summed E-state index contributed by atoms with van der Waals surface area (Å²) in [6.07, 6.45) is 2.62. The van der Waals surface area contributed by atoms with Crippen LogP contribution in [0.5, 0.6) is 0 Å². The molecule has 0 radical (unpaired) electrons. The van der Waals surface area contributed by atoms with Crippen LogP contribution in [-0.4, -0.2) is 19.9 Å². The molecule has 1 unspecified atom stereocenters. The van der Waals surface area contributed by atoms with Gasteiger partial charge in [-0.1, -0.05) is 11.3 Å². The topological polar surface area (TPSA) is 77.0 Å². The van der Waals surface area contributed by atoms with Crippen LogP contribution < -0.4 is 5.73 Å². The van der Waals surface area contributed by atoms with E-state index in [1.54, 1.807) is 30.2 Å². The number of nitrogens with zero attached hydrogens (tertiary/aromatic N) is 3. The molecule has 0 spiro atoms. The second-order valence-electron chi connectivity index (χ2n) is 2.92. The maximum absolute atomic E-state index is 9.86. The molecule has 14 heavy (non-hydrogen) atoms. The molecule has 0 bridgehead atoms. The molecule has 3 N–H and O–H groups in total. The van der Waals surface area contributed by atoms with Gasteiger partial charge in [-0.05, 0) is 6.07 Å². The number of aromatic nitrogens is 3. The van der Waals surface area contributed by atoms with E-state index < -0.39 is 6.10 Å². The highest BCUT2D eigenvalue weighted by atomic mass is 32.1. The Morgan fingerprint density at radius 3 is 2.93 bits per heavy atom. The number of thiazole rings is 1. The minimum absolute atomic E-state index is 0.454. The first kappa shape index (κ1) is 9.17. The van der Waals surface area contributed by atoms with Crippen molar-refractivity contribution in [1.29, 1.82) is 0 Å². The Morgan fingerprint density at radius 2 is 2.43 bits per heavy atom. The van der Waals surface area contributed by atoms with Crippen molar-refractivity contribution in [1.82, 2.24) is 14.8 Å². The van der Waals surface area contributed by atoms with Crippen LogP contribution in [0.4, 0.5) is 5.13 Å². The van der Waals surface area contributed by atoms with E-state index in [0.29, 0.717) is 15.7 Å². The third-order valence-electron chi connectivity index (χ3n) is 1.83. The van der Waals surface area contributed by atoms with Gasteiger partial charge in [0.15, 0.2) is 5.13 Å². The first-order valence-electron chi connectivity index (χ1n) is 4.05. The van der Waals surface area contributed by atoms with E-state index in [1.165, 1.54) is 11.3 Å². The van der Waals surface area contributed by atoms with Gasteiger partial charge in [0, 0.05) is 19.4 Å². The molecule has 2 heterocycles. The Balaban J connectivity index is 2.28. The molecule has 0 amide bonds. The van der Waals surface area contributed by atoms with Crippen molar-refractivity contribution in [3.8, 4) is 0 Å². The third kappa shape index (κ3) is 1.61. The largest absolute Gasteiger partial charge is 0.381 e. The van der Waals surface area contributed by atoms with Crippen molar-refractivity contribution in [2.24, 2.45) is 7.05 Å². The number of anilines is 1. The van der Waals surface area contributed by atoms with Gasteiger partial charge in [0.25, 0.3) is 0 Å². The molecular formula is C8H10N4OS. The molecule has 0 aliphatic heterocycles. The SMILES string of the molecule is Cn1ccc(C(O)c2cnc(N)s2)n1. The van der Waals surface area contributed by atoms with Gasteiger partial charge < -0.3 is 10.8 Å². The molecule has 0 saturated carbocycles. The number of nitrogen functional groups attached to an aromatic ring is 1. The monoisotopic (exact) mass is 210 g/mol. The van der Waals surface area contributed by atoms with Gasteiger partial charge in [-0.2, -0.15) is 5.10 Å². The minimum Gasteiger partial charge on any atom is -0.381 e. The maximum Gasteiger partial charge on any atom is 0.180 e. The predicted molar refractivity (Wildman–Crippen MR) is 53.8 cm³/mol. The highest BCUT2D eigenvalue weighted by molar-refractivity contribution is 7.15. The van der Waals surface area contributed by atoms with E-state index in [4.69, 9.17) is 5.73 Å². The van der Waals surface area contributed by atoms with E-state index in [0.717, 1.165) is 0 Å². The molecule has 2 rings (SSSR count). The smallest absolute Gasteiger partial charge is 0.180 e. The fourth-order valence-corrected chi connectivity index (χ4v) is 1.84. The lowest BCUT2D eigenvalue weighted by Crippen LogP contribution is -1.99. The van der Waals surface area contributed by atoms with E-state index in [9.17, 15) is 5.11 Å². The second-order valence-corrected chi connectivity index (χ2v) is 4.01. The first-order valence-corrected chi connectivity index (χ1v) is 4.87. The number of hydrogen-bond acceptors (Lipinski definition) is 5. The van der Waals surface area contributed by atoms with Gasteiger partial charge in [-0.15, -0.1) is 0 Å². The predicted octanol–water partition coefficient (Wildman–Crippen LogP) is 0.540. The number of rotatable bonds is 2. The van der Waals surface area contributed by atoms with E-state index in [-0.39, 0.29) is 0 Å². The van der Waals surface area contributed by atoms with Crippen LogP contribution in [0.15, 0.2) is 18.5 Å². The number of aryl methyl sites for hydroxylation is 1. The molecule has 74 valence electrons. The van der Waals surface area contributed by atoms with Gasteiger partial charge in [-0.25, -0.2) is 4.98 Å². The van der Waals surface area contributed by atoms with E-state index >= 15 is 0 Å². The van der Waals surface area contributed by atoms with Crippen LogP contribution in [0.3, 0.4) is 0 Å². The van der Waals surface area contributed by atoms with Crippen molar-refractivity contribution >= 4 is 16.5 Å². The van der Waals surface area contributed by atoms with Crippen LogP contribution >= 0.6 is 11.3 Å². The van der Waals surface area contributed by atoms with Gasteiger partial charge >= 0.3 is 0 Å². The van der Waals surface area contributed by atoms with Gasteiger partial charge in [0.05, 0.1) is 10.6 Å². The highest BCUT2D eigenvalue weighted by Gasteiger charge is 2.15. The summed E-state index contributed by atoms with van der Waals surface area (Å²) in [5, 5.41) is 14.4. The number of hydrogen-bond donors (Lipinski definition) is 2. The molecule has 1 atom stereocenters. The average molecular weight is 210 g/mol. The molecule has 0 fully saturated rings. The summed E-state index contributed by atoms with van der Waals surface area (Å²) in [6, 6.07) is 1.76. The van der Waals surface area contributed by atoms with E-state index in [2.05, 4.69) is 10.1 Å². The van der Waals surface area contributed by atoms with Crippen LogP contribution in [-0.2, 0) is 7.05 Å². The van der Waals surface area contributed by atoms with Crippen LogP contribution in [0.1, 0.15) is 16.7 Å². The number of nitrogens with two attached hydrogens (primary N) is 1. The lowest BCUT2D eigenvalue weighted by Gasteiger charge is -2.02. The molecule has 2 aromatic heterocycles. The van der Waals surface area contributed by atoms with Crippen molar-refractivity contribution in [3.63, 3.8) is 0 Å². The molecular weight excluding hydrogens is 200 g/mol. The van der Waals surface area contributed by atoms with Gasteiger partial charge in [0.1, 0.15) is 6.10 Å². The van der Waals surface area contributed by atoms with Crippen LogP contribution in [0.2, 0.25) is 0 Å². The maximum atomic E-state index is 9.86. The molecule has 2 aromatic rings. The first-order chi connectivity index (χ1) is 6.66. The molecule has 5 nitrogen and oxygen atoms in total. The van der Waals surface area contributed by atoms with Gasteiger partial charge in [0.2, 0.25) is 0 Å². The zero-order chi connectivity index (χ0) is 10.1. The zero-order valence-corrected chi connectivity index (χ0v) is 8.40. The summed E-state index contributed by atoms with van der Waals surface area (Å²) in [5.41, 5.74) is 6.08. The molecule has 0 aliphatic carbocycles. The second kappa shape index (κ2) is 3.39. The molecule has 6 heteroatoms. The fraction of sp³-hybridized carbons (Fsp3) is 0.250. The van der Waals surface area contributed by atoms with Crippen LogP contribution in [0, 0.1) is 0 Å². The number of aliphatic hydroxyl groups excluding tert-OH is 1. The minimum atomic E-state index is -0.731. The Hall–Kier alpha value is -1.40. The summed E-state index contributed by atoms with van der Waals surface area (Å²) in [7, 11) is 1.80. The average Bonchev–Trinajstić information content (AvgIpc) is 2.73. The van der Waals surface area contributed by atoms with Crippen molar-refractivity contribution < 1.29 is 5.11 Å². The summed E-state index contributed by atoms with van der Waals surface area (Å²) in [6.45, 7) is 0. The summed E-state index contributed by atoms with van der Waals surface area (Å²) in [4.78, 5) is 4.58. The third-order valence-corrected chi connectivity index (χ3v) is 2.70. The quantitative estimate of drug-likeness (QED) is 0.758. The normalized spacial score (nSPS) is 13.0. The lowest BCUT2D eigenvalue weighted by atomic mass is 10.2. The standard InChI is InChI=1S/C8H10N4OS/c1-12-3-2-5(11-12)7(13)6-4-10-8(9)14-6/h2-4,7,13H,1H3,(H2,9,10). The number of aliphatic hydroxyl groups is 1. The van der Waals surface area contributed by atoms with Crippen molar-refractivity contribution in [2.45, 2.75) is 6.10 Å². The Morgan fingerprint density at radius 1 is 1.64 bits per heavy atom. The lowest BCUT2D eigenvalue weighted by molar-refractivity contribution is 0.218. The Kier molecular flexibility index (Phi) is 2.22. The van der Waals surface area contributed by atoms with Crippen LogP contribution in [0.25, 0.3) is 0 Å². The Labute approximate surface area is 84.8 Å². The van der Waals surface area contributed by atoms with Crippen molar-refractivity contribution in [3.05, 3.63) is 29.0 Å². The zero-order valence-electron chi connectivity index (χ0n) is 7.58. The highest BCUT2D eigenvalue weighted by Crippen LogP contribution is 2.26. The molecule has 0 aliphatic rings. The van der Waals surface area contributed by atoms with Crippen molar-refractivity contribution in [2.75, 3.05) is 5.73 Å². The Bertz CT molecular complexity index is 396. The fourth-order valence-electron chi connectivity index (χ4n) is 1.15. The summed E-state index contributed by atoms with van der Waals surface area (Å²) in [5.74, 6) is 0. The summed E-state index contributed by atoms with van der Waals surface area (Å²) >= 11 is 1.27. The van der Waals surface area contributed by atoms with E-state index in [1.807, 2.05) is 0 Å². The molecule has 0 aromatic carbocycles. The molecule has 0 saturated heterocycles. The van der Waals surface area contributed by atoms with Gasteiger partial charge in [-0.3, -0.25) is 4.68 Å². The summed E-state index contributed by atoms with van der Waals surface area (Å²) < 4.78 is 1.64.